The van der Waals surface area contributed by atoms with Gasteiger partial charge in [0.05, 0.1) is 25.9 Å². The van der Waals surface area contributed by atoms with E-state index in [0.29, 0.717) is 24.7 Å². The minimum absolute atomic E-state index is 0.0334. The van der Waals surface area contributed by atoms with Gasteiger partial charge in [-0.3, -0.25) is 4.79 Å². The number of ether oxygens (including phenoxy) is 3. The molecule has 1 aliphatic heterocycles. The monoisotopic (exact) mass is 305 g/mol. The van der Waals surface area contributed by atoms with Gasteiger partial charge in [0.25, 0.3) is 5.91 Å². The van der Waals surface area contributed by atoms with E-state index in [4.69, 9.17) is 14.2 Å². The van der Waals surface area contributed by atoms with E-state index in [0.717, 1.165) is 12.8 Å². The summed E-state index contributed by atoms with van der Waals surface area (Å²) >= 11 is 0. The fourth-order valence-electron chi connectivity index (χ4n) is 3.37. The molecule has 2 aliphatic rings. The van der Waals surface area contributed by atoms with Gasteiger partial charge in [0.2, 0.25) is 0 Å². The Labute approximate surface area is 131 Å². The summed E-state index contributed by atoms with van der Waals surface area (Å²) in [6.07, 6.45) is 4.66. The lowest BCUT2D eigenvalue weighted by molar-refractivity contribution is -0.151. The molecule has 22 heavy (non-hydrogen) atoms. The number of morpholine rings is 1. The maximum Gasteiger partial charge on any atom is 0.260 e. The molecule has 0 spiro atoms. The Morgan fingerprint density at radius 3 is 2.86 bits per heavy atom. The minimum atomic E-state index is 0.0334. The van der Waals surface area contributed by atoms with Gasteiger partial charge in [-0.2, -0.15) is 0 Å². The summed E-state index contributed by atoms with van der Waals surface area (Å²) in [5, 5.41) is 0. The van der Waals surface area contributed by atoms with E-state index >= 15 is 0 Å². The van der Waals surface area contributed by atoms with Crippen molar-refractivity contribution < 1.29 is 19.0 Å². The molecular formula is C17H23NO4. The van der Waals surface area contributed by atoms with E-state index in [1.54, 1.807) is 7.11 Å². The van der Waals surface area contributed by atoms with Crippen LogP contribution in [-0.2, 0) is 9.53 Å². The van der Waals surface area contributed by atoms with Crippen molar-refractivity contribution in [3.05, 3.63) is 24.3 Å². The number of benzene rings is 1. The third kappa shape index (κ3) is 3.19. The number of para-hydroxylation sites is 2. The largest absolute Gasteiger partial charge is 0.493 e. The molecule has 120 valence electrons. The SMILES string of the molecule is COc1ccccc1OCC(=O)N1CCO[C@@H]2CCCC[C@@H]21. The van der Waals surface area contributed by atoms with Crippen LogP contribution in [0.4, 0.5) is 0 Å². The number of rotatable bonds is 4. The summed E-state index contributed by atoms with van der Waals surface area (Å²) in [4.78, 5) is 14.5. The molecule has 2 fully saturated rings. The summed E-state index contributed by atoms with van der Waals surface area (Å²) in [5.74, 6) is 1.28. The Balaban J connectivity index is 1.61. The molecule has 0 bridgehead atoms. The van der Waals surface area contributed by atoms with Crippen LogP contribution in [0.15, 0.2) is 24.3 Å². The number of carbonyl (C=O) groups excluding carboxylic acids is 1. The number of hydrogen-bond acceptors (Lipinski definition) is 4. The first-order valence-corrected chi connectivity index (χ1v) is 7.96. The van der Waals surface area contributed by atoms with Gasteiger partial charge in [-0.05, 0) is 25.0 Å². The summed E-state index contributed by atoms with van der Waals surface area (Å²) in [6, 6.07) is 7.60. The number of amides is 1. The van der Waals surface area contributed by atoms with Gasteiger partial charge in [0.1, 0.15) is 0 Å². The van der Waals surface area contributed by atoms with Crippen LogP contribution in [0.5, 0.6) is 11.5 Å². The quantitative estimate of drug-likeness (QED) is 0.856. The second-order valence-electron chi connectivity index (χ2n) is 5.79. The molecule has 3 rings (SSSR count). The summed E-state index contributed by atoms with van der Waals surface area (Å²) in [6.45, 7) is 1.33. The summed E-state index contributed by atoms with van der Waals surface area (Å²) in [5.41, 5.74) is 0. The van der Waals surface area contributed by atoms with E-state index in [9.17, 15) is 4.79 Å². The maximum absolute atomic E-state index is 12.5. The van der Waals surface area contributed by atoms with Gasteiger partial charge in [-0.15, -0.1) is 0 Å². The lowest BCUT2D eigenvalue weighted by Crippen LogP contribution is -2.55. The zero-order valence-corrected chi connectivity index (χ0v) is 13.0. The molecular weight excluding hydrogens is 282 g/mol. The molecule has 1 aliphatic carbocycles. The minimum Gasteiger partial charge on any atom is -0.493 e. The third-order valence-corrected chi connectivity index (χ3v) is 4.47. The topological polar surface area (TPSA) is 48.0 Å². The van der Waals surface area contributed by atoms with E-state index in [1.165, 1.54) is 12.8 Å². The average Bonchev–Trinajstić information content (AvgIpc) is 2.59. The van der Waals surface area contributed by atoms with Crippen LogP contribution in [0.3, 0.4) is 0 Å². The predicted molar refractivity (Wildman–Crippen MR) is 82.2 cm³/mol. The molecule has 5 nitrogen and oxygen atoms in total. The van der Waals surface area contributed by atoms with Crippen molar-refractivity contribution in [1.82, 2.24) is 4.90 Å². The first-order chi connectivity index (χ1) is 10.8. The molecule has 5 heteroatoms. The van der Waals surface area contributed by atoms with Crippen molar-refractivity contribution in [3.8, 4) is 11.5 Å². The normalized spacial score (nSPS) is 24.5. The summed E-state index contributed by atoms with van der Waals surface area (Å²) < 4.78 is 16.7. The van der Waals surface area contributed by atoms with Crippen LogP contribution < -0.4 is 9.47 Å². The molecule has 0 aromatic heterocycles. The van der Waals surface area contributed by atoms with Gasteiger partial charge < -0.3 is 19.1 Å². The van der Waals surface area contributed by atoms with Gasteiger partial charge in [-0.25, -0.2) is 0 Å². The van der Waals surface area contributed by atoms with Crippen molar-refractivity contribution in [3.63, 3.8) is 0 Å². The van der Waals surface area contributed by atoms with Crippen molar-refractivity contribution in [2.45, 2.75) is 37.8 Å². The molecule has 0 unspecified atom stereocenters. The molecule has 2 atom stereocenters. The van der Waals surface area contributed by atoms with E-state index < -0.39 is 0 Å². The third-order valence-electron chi connectivity index (χ3n) is 4.47. The van der Waals surface area contributed by atoms with Crippen molar-refractivity contribution in [2.24, 2.45) is 0 Å². The van der Waals surface area contributed by atoms with E-state index in [-0.39, 0.29) is 24.7 Å². The van der Waals surface area contributed by atoms with Gasteiger partial charge in [0.15, 0.2) is 18.1 Å². The molecule has 1 aromatic rings. The van der Waals surface area contributed by atoms with Gasteiger partial charge in [-0.1, -0.05) is 25.0 Å². The smallest absolute Gasteiger partial charge is 0.260 e. The zero-order valence-electron chi connectivity index (χ0n) is 13.0. The average molecular weight is 305 g/mol. The van der Waals surface area contributed by atoms with E-state index in [2.05, 4.69) is 0 Å². The zero-order chi connectivity index (χ0) is 15.4. The Morgan fingerprint density at radius 1 is 1.27 bits per heavy atom. The Morgan fingerprint density at radius 2 is 2.05 bits per heavy atom. The van der Waals surface area contributed by atoms with E-state index in [1.807, 2.05) is 29.2 Å². The fraction of sp³-hybridized carbons (Fsp3) is 0.588. The highest BCUT2D eigenvalue weighted by atomic mass is 16.5. The Kier molecular flexibility index (Phi) is 4.83. The Hall–Kier alpha value is -1.75. The lowest BCUT2D eigenvalue weighted by Gasteiger charge is -2.43. The van der Waals surface area contributed by atoms with Crippen molar-refractivity contribution in [1.29, 1.82) is 0 Å². The van der Waals surface area contributed by atoms with Crippen LogP contribution >= 0.6 is 0 Å². The molecule has 0 radical (unpaired) electrons. The van der Waals surface area contributed by atoms with Gasteiger partial charge >= 0.3 is 0 Å². The second kappa shape index (κ2) is 7.01. The molecule has 1 saturated heterocycles. The summed E-state index contributed by atoms with van der Waals surface area (Å²) in [7, 11) is 1.60. The predicted octanol–water partition coefficient (Wildman–Crippen LogP) is 2.24. The Bertz CT molecular complexity index is 517. The highest BCUT2D eigenvalue weighted by Gasteiger charge is 2.36. The van der Waals surface area contributed by atoms with Gasteiger partial charge in [0, 0.05) is 6.54 Å². The lowest BCUT2D eigenvalue weighted by atomic mass is 9.90. The molecule has 1 heterocycles. The molecule has 1 aromatic carbocycles. The van der Waals surface area contributed by atoms with Crippen LogP contribution in [0, 0.1) is 0 Å². The maximum atomic E-state index is 12.5. The molecule has 0 N–H and O–H groups in total. The fourth-order valence-corrected chi connectivity index (χ4v) is 3.37. The number of carbonyl (C=O) groups is 1. The van der Waals surface area contributed by atoms with Crippen LogP contribution in [-0.4, -0.2) is 49.8 Å². The number of nitrogens with zero attached hydrogens (tertiary/aromatic N) is 1. The number of hydrogen-bond donors (Lipinski definition) is 0. The van der Waals surface area contributed by atoms with Crippen molar-refractivity contribution >= 4 is 5.91 Å². The van der Waals surface area contributed by atoms with Crippen LogP contribution in [0.1, 0.15) is 25.7 Å². The second-order valence-corrected chi connectivity index (χ2v) is 5.79. The highest BCUT2D eigenvalue weighted by molar-refractivity contribution is 5.78. The van der Waals surface area contributed by atoms with Crippen molar-refractivity contribution in [2.75, 3.05) is 26.9 Å². The first-order valence-electron chi connectivity index (χ1n) is 7.96. The number of methoxy groups -OCH3 is 1. The highest BCUT2D eigenvalue weighted by Crippen LogP contribution is 2.29. The van der Waals surface area contributed by atoms with Crippen LogP contribution in [0.25, 0.3) is 0 Å². The standard InChI is InChI=1S/C17H23NO4/c1-20-15-8-4-5-9-16(15)22-12-17(19)18-10-11-21-14-7-3-2-6-13(14)18/h4-5,8-9,13-14H,2-3,6-7,10-12H2,1H3/t13-,14+/m0/s1. The molecule has 1 amide bonds. The van der Waals surface area contributed by atoms with Crippen LogP contribution in [0.2, 0.25) is 0 Å². The molecule has 1 saturated carbocycles. The first kappa shape index (κ1) is 15.2. The number of fused-ring (bicyclic) bond motifs is 1.